The summed E-state index contributed by atoms with van der Waals surface area (Å²) in [5.41, 5.74) is 0.232. The molecule has 0 bridgehead atoms. The average Bonchev–Trinajstić information content (AvgIpc) is 2.34. The normalized spacial score (nSPS) is 10.2. The molecule has 0 aromatic heterocycles. The lowest BCUT2D eigenvalue weighted by Crippen LogP contribution is -2.02. The monoisotopic (exact) mass is 256 g/mol. The average molecular weight is 256 g/mol. The molecule has 94 valence electrons. The fourth-order valence-electron chi connectivity index (χ4n) is 1.21. The molecule has 0 heterocycles. The summed E-state index contributed by atoms with van der Waals surface area (Å²) in [4.78, 5) is 10.7. The van der Waals surface area contributed by atoms with Crippen LogP contribution in [0.2, 0.25) is 0 Å². The zero-order valence-corrected chi connectivity index (χ0v) is 10.3. The zero-order chi connectivity index (χ0) is 12.5. The number of hydrogen-bond donors (Lipinski definition) is 2. The number of carboxylic acids is 1. The van der Waals surface area contributed by atoms with E-state index in [1.165, 1.54) is 12.1 Å². The van der Waals surface area contributed by atoms with E-state index in [0.29, 0.717) is 12.4 Å². The number of hydrogen-bond acceptors (Lipinski definition) is 4. The summed E-state index contributed by atoms with van der Waals surface area (Å²) in [5, 5.41) is 17.4. The maximum atomic E-state index is 10.7. The van der Waals surface area contributed by atoms with Gasteiger partial charge in [-0.05, 0) is 30.4 Å². The van der Waals surface area contributed by atoms with E-state index in [9.17, 15) is 4.79 Å². The highest BCUT2D eigenvalue weighted by atomic mass is 32.2. The van der Waals surface area contributed by atoms with E-state index in [1.807, 2.05) is 0 Å². The fourth-order valence-corrected chi connectivity index (χ4v) is 1.94. The predicted octanol–water partition coefficient (Wildman–Crippen LogP) is 1.88. The molecule has 0 radical (unpaired) electrons. The molecule has 2 N–H and O–H groups in total. The van der Waals surface area contributed by atoms with E-state index in [4.69, 9.17) is 14.9 Å². The number of aromatic carboxylic acids is 1. The molecule has 1 rings (SSSR count). The van der Waals surface area contributed by atoms with Crippen molar-refractivity contribution in [2.24, 2.45) is 0 Å². The molecule has 0 amide bonds. The second-order valence-corrected chi connectivity index (χ2v) is 4.60. The second-order valence-electron chi connectivity index (χ2n) is 3.37. The summed E-state index contributed by atoms with van der Waals surface area (Å²) in [6.45, 7) is 0.758. The summed E-state index contributed by atoms with van der Waals surface area (Å²) in [6, 6.07) is 6.45. The van der Waals surface area contributed by atoms with Crippen molar-refractivity contribution in [1.82, 2.24) is 0 Å². The quantitative estimate of drug-likeness (QED) is 0.695. The van der Waals surface area contributed by atoms with Gasteiger partial charge in [-0.1, -0.05) is 6.07 Å². The maximum Gasteiger partial charge on any atom is 0.335 e. The van der Waals surface area contributed by atoms with E-state index in [1.54, 1.807) is 23.9 Å². The van der Waals surface area contributed by atoms with E-state index < -0.39 is 5.97 Å². The Morgan fingerprint density at radius 1 is 1.35 bits per heavy atom. The number of ether oxygens (including phenoxy) is 1. The molecule has 5 heteroatoms. The molecule has 0 atom stereocenters. The SMILES string of the molecule is O=C(O)c1cccc(OCCSCCCO)c1. The first-order chi connectivity index (χ1) is 8.24. The Labute approximate surface area is 105 Å². The van der Waals surface area contributed by atoms with Crippen LogP contribution in [-0.2, 0) is 0 Å². The summed E-state index contributed by atoms with van der Waals surface area (Å²) in [6.07, 6.45) is 0.791. The Bertz CT molecular complexity index is 354. The van der Waals surface area contributed by atoms with Gasteiger partial charge in [0.25, 0.3) is 0 Å². The molecule has 0 saturated heterocycles. The summed E-state index contributed by atoms with van der Waals surface area (Å²) < 4.78 is 5.43. The van der Waals surface area contributed by atoms with Gasteiger partial charge in [-0.25, -0.2) is 4.79 Å². The number of rotatable bonds is 8. The number of aliphatic hydroxyl groups is 1. The topological polar surface area (TPSA) is 66.8 Å². The van der Waals surface area contributed by atoms with Crippen LogP contribution in [-0.4, -0.2) is 40.9 Å². The molecule has 0 unspecified atom stereocenters. The molecule has 0 saturated carbocycles. The van der Waals surface area contributed by atoms with Crippen LogP contribution in [0.4, 0.5) is 0 Å². The molecule has 0 aliphatic heterocycles. The number of carbonyl (C=O) groups is 1. The highest BCUT2D eigenvalue weighted by Gasteiger charge is 2.03. The third-order valence-corrected chi connectivity index (χ3v) is 3.06. The first-order valence-corrected chi connectivity index (χ1v) is 6.54. The number of carboxylic acid groups (broad SMARTS) is 1. The summed E-state index contributed by atoms with van der Waals surface area (Å²) in [5.74, 6) is 1.37. The third kappa shape index (κ3) is 5.60. The highest BCUT2D eigenvalue weighted by Crippen LogP contribution is 2.14. The van der Waals surface area contributed by atoms with Gasteiger partial charge >= 0.3 is 5.97 Å². The van der Waals surface area contributed by atoms with Gasteiger partial charge in [0.2, 0.25) is 0 Å². The van der Waals surface area contributed by atoms with Gasteiger partial charge in [-0.15, -0.1) is 0 Å². The minimum Gasteiger partial charge on any atom is -0.493 e. The summed E-state index contributed by atoms with van der Waals surface area (Å²) in [7, 11) is 0. The van der Waals surface area contributed by atoms with Crippen molar-refractivity contribution in [2.75, 3.05) is 24.7 Å². The molecule has 4 nitrogen and oxygen atoms in total. The first-order valence-electron chi connectivity index (χ1n) is 5.39. The third-order valence-electron chi connectivity index (χ3n) is 2.02. The fraction of sp³-hybridized carbons (Fsp3) is 0.417. The number of aliphatic hydroxyl groups excluding tert-OH is 1. The highest BCUT2D eigenvalue weighted by molar-refractivity contribution is 7.99. The van der Waals surface area contributed by atoms with Crippen LogP contribution in [0.25, 0.3) is 0 Å². The molecule has 0 fully saturated rings. The molecular weight excluding hydrogens is 240 g/mol. The van der Waals surface area contributed by atoms with Crippen LogP contribution >= 0.6 is 11.8 Å². The standard InChI is InChI=1S/C12H16O4S/c13-5-2-7-17-8-6-16-11-4-1-3-10(9-11)12(14)15/h1,3-4,9,13H,2,5-8H2,(H,14,15). The molecule has 0 aliphatic rings. The van der Waals surface area contributed by atoms with Crippen molar-refractivity contribution in [2.45, 2.75) is 6.42 Å². The Morgan fingerprint density at radius 2 is 2.18 bits per heavy atom. The predicted molar refractivity (Wildman–Crippen MR) is 67.9 cm³/mol. The Hall–Kier alpha value is -1.20. The van der Waals surface area contributed by atoms with E-state index in [-0.39, 0.29) is 12.2 Å². The number of thioether (sulfide) groups is 1. The summed E-state index contributed by atoms with van der Waals surface area (Å²) >= 11 is 1.71. The van der Waals surface area contributed by atoms with Crippen molar-refractivity contribution in [3.8, 4) is 5.75 Å². The molecule has 0 aliphatic carbocycles. The van der Waals surface area contributed by atoms with Crippen molar-refractivity contribution in [3.05, 3.63) is 29.8 Å². The van der Waals surface area contributed by atoms with E-state index >= 15 is 0 Å². The molecule has 0 spiro atoms. The van der Waals surface area contributed by atoms with Crippen molar-refractivity contribution >= 4 is 17.7 Å². The van der Waals surface area contributed by atoms with Crippen LogP contribution < -0.4 is 4.74 Å². The lowest BCUT2D eigenvalue weighted by molar-refractivity contribution is 0.0696. The lowest BCUT2D eigenvalue weighted by atomic mass is 10.2. The van der Waals surface area contributed by atoms with Crippen LogP contribution in [0.5, 0.6) is 5.75 Å². The van der Waals surface area contributed by atoms with Gasteiger partial charge < -0.3 is 14.9 Å². The van der Waals surface area contributed by atoms with E-state index in [2.05, 4.69) is 0 Å². The van der Waals surface area contributed by atoms with Crippen LogP contribution in [0, 0.1) is 0 Å². The van der Waals surface area contributed by atoms with Crippen molar-refractivity contribution in [3.63, 3.8) is 0 Å². The van der Waals surface area contributed by atoms with Crippen LogP contribution in [0.1, 0.15) is 16.8 Å². The zero-order valence-electron chi connectivity index (χ0n) is 9.46. The van der Waals surface area contributed by atoms with Gasteiger partial charge in [0, 0.05) is 12.4 Å². The molecule has 17 heavy (non-hydrogen) atoms. The van der Waals surface area contributed by atoms with Gasteiger partial charge in [-0.3, -0.25) is 0 Å². The lowest BCUT2D eigenvalue weighted by Gasteiger charge is -2.06. The number of benzene rings is 1. The Balaban J connectivity index is 2.27. The minimum atomic E-state index is -0.951. The smallest absolute Gasteiger partial charge is 0.335 e. The minimum absolute atomic E-state index is 0.217. The second kappa shape index (κ2) is 7.97. The van der Waals surface area contributed by atoms with Crippen LogP contribution in [0.3, 0.4) is 0 Å². The molecule has 1 aromatic carbocycles. The largest absolute Gasteiger partial charge is 0.493 e. The van der Waals surface area contributed by atoms with E-state index in [0.717, 1.165) is 17.9 Å². The van der Waals surface area contributed by atoms with Gasteiger partial charge in [0.15, 0.2) is 0 Å². The van der Waals surface area contributed by atoms with Gasteiger partial charge in [0.1, 0.15) is 5.75 Å². The Kier molecular flexibility index (Phi) is 6.50. The Morgan fingerprint density at radius 3 is 2.88 bits per heavy atom. The van der Waals surface area contributed by atoms with Crippen LogP contribution in [0.15, 0.2) is 24.3 Å². The maximum absolute atomic E-state index is 10.7. The molecule has 1 aromatic rings. The van der Waals surface area contributed by atoms with Crippen molar-refractivity contribution in [1.29, 1.82) is 0 Å². The van der Waals surface area contributed by atoms with Gasteiger partial charge in [0.05, 0.1) is 12.2 Å². The molecular formula is C12H16O4S. The van der Waals surface area contributed by atoms with Crippen molar-refractivity contribution < 1.29 is 19.7 Å². The first kappa shape index (κ1) is 13.9. The van der Waals surface area contributed by atoms with Gasteiger partial charge in [-0.2, -0.15) is 11.8 Å².